The molecule has 2 aromatic rings. The van der Waals surface area contributed by atoms with Crippen LogP contribution in [-0.2, 0) is 10.0 Å². The molecule has 0 atom stereocenters. The number of hydrogen-bond acceptors (Lipinski definition) is 3. The first-order valence-corrected chi connectivity index (χ1v) is 10.0. The molecule has 0 bridgehead atoms. The van der Waals surface area contributed by atoms with Crippen LogP contribution in [0.4, 0.5) is 10.1 Å². The zero-order valence-electron chi connectivity index (χ0n) is 14.5. The van der Waals surface area contributed by atoms with E-state index in [2.05, 4.69) is 10.0 Å². The topological polar surface area (TPSA) is 75.3 Å². The van der Waals surface area contributed by atoms with Crippen LogP contribution in [0.25, 0.3) is 0 Å². The molecule has 0 radical (unpaired) electrons. The summed E-state index contributed by atoms with van der Waals surface area (Å²) >= 11 is 0. The lowest BCUT2D eigenvalue weighted by Gasteiger charge is -2.13. The lowest BCUT2D eigenvalue weighted by Crippen LogP contribution is -2.32. The molecule has 5 nitrogen and oxygen atoms in total. The Kier molecular flexibility index (Phi) is 5.38. The Morgan fingerprint density at radius 1 is 1.12 bits per heavy atom. The molecule has 0 aromatic heterocycles. The third-order valence-corrected chi connectivity index (χ3v) is 6.02. The Bertz CT molecular complexity index is 922. The summed E-state index contributed by atoms with van der Waals surface area (Å²) < 4.78 is 41.1. The van der Waals surface area contributed by atoms with Gasteiger partial charge in [0.1, 0.15) is 5.82 Å². The molecule has 7 heteroatoms. The highest BCUT2D eigenvalue weighted by atomic mass is 32.2. The van der Waals surface area contributed by atoms with E-state index in [0.29, 0.717) is 11.3 Å². The fourth-order valence-corrected chi connectivity index (χ4v) is 4.41. The van der Waals surface area contributed by atoms with Gasteiger partial charge in [0.05, 0.1) is 4.90 Å². The third-order valence-electron chi connectivity index (χ3n) is 4.50. The summed E-state index contributed by atoms with van der Waals surface area (Å²) in [5.41, 5.74) is 1.09. The SMILES string of the molecule is Cc1cc(NC(=O)c2cccc(S(=O)(=O)NC3CCCC3)c2)ccc1F. The molecule has 3 rings (SSSR count). The van der Waals surface area contributed by atoms with Crippen molar-refractivity contribution in [3.05, 3.63) is 59.4 Å². The smallest absolute Gasteiger partial charge is 0.255 e. The molecule has 1 fully saturated rings. The number of halogens is 1. The van der Waals surface area contributed by atoms with Crippen LogP contribution in [0.1, 0.15) is 41.6 Å². The highest BCUT2D eigenvalue weighted by Crippen LogP contribution is 2.21. The molecule has 26 heavy (non-hydrogen) atoms. The fraction of sp³-hybridized carbons (Fsp3) is 0.316. The fourth-order valence-electron chi connectivity index (χ4n) is 3.06. The lowest BCUT2D eigenvalue weighted by atomic mass is 10.2. The van der Waals surface area contributed by atoms with Crippen LogP contribution in [-0.4, -0.2) is 20.4 Å². The van der Waals surface area contributed by atoms with Crippen LogP contribution in [0, 0.1) is 12.7 Å². The maximum Gasteiger partial charge on any atom is 0.255 e. The minimum absolute atomic E-state index is 0.0420. The normalized spacial score (nSPS) is 15.2. The van der Waals surface area contributed by atoms with E-state index in [-0.39, 0.29) is 22.3 Å². The molecule has 0 heterocycles. The minimum atomic E-state index is -3.66. The number of rotatable bonds is 5. The first-order valence-electron chi connectivity index (χ1n) is 8.55. The number of aryl methyl sites for hydroxylation is 1. The lowest BCUT2D eigenvalue weighted by molar-refractivity contribution is 0.102. The summed E-state index contributed by atoms with van der Waals surface area (Å²) in [7, 11) is -3.66. The zero-order chi connectivity index (χ0) is 18.7. The van der Waals surface area contributed by atoms with Gasteiger partial charge in [-0.1, -0.05) is 18.9 Å². The molecule has 1 amide bonds. The van der Waals surface area contributed by atoms with Gasteiger partial charge in [-0.25, -0.2) is 17.5 Å². The van der Waals surface area contributed by atoms with Gasteiger partial charge in [0.2, 0.25) is 10.0 Å². The van der Waals surface area contributed by atoms with Crippen molar-refractivity contribution >= 4 is 21.6 Å². The van der Waals surface area contributed by atoms with Gasteiger partial charge >= 0.3 is 0 Å². The van der Waals surface area contributed by atoms with Gasteiger partial charge in [-0.05, 0) is 61.7 Å². The quantitative estimate of drug-likeness (QED) is 0.837. The van der Waals surface area contributed by atoms with Crippen molar-refractivity contribution in [2.24, 2.45) is 0 Å². The third kappa shape index (κ3) is 4.28. The number of nitrogens with one attached hydrogen (secondary N) is 2. The number of carbonyl (C=O) groups is 1. The van der Waals surface area contributed by atoms with Gasteiger partial charge in [0.25, 0.3) is 5.91 Å². The largest absolute Gasteiger partial charge is 0.322 e. The molecular formula is C19H21FN2O3S. The van der Waals surface area contributed by atoms with Crippen molar-refractivity contribution < 1.29 is 17.6 Å². The van der Waals surface area contributed by atoms with Gasteiger partial charge in [-0.2, -0.15) is 0 Å². The molecule has 0 unspecified atom stereocenters. The maximum atomic E-state index is 13.3. The van der Waals surface area contributed by atoms with Crippen molar-refractivity contribution in [1.29, 1.82) is 0 Å². The van der Waals surface area contributed by atoms with E-state index in [4.69, 9.17) is 0 Å². The number of anilines is 1. The summed E-state index contributed by atoms with van der Waals surface area (Å²) in [6.07, 6.45) is 3.71. The second kappa shape index (κ2) is 7.55. The average molecular weight is 376 g/mol. The van der Waals surface area contributed by atoms with Crippen molar-refractivity contribution in [2.45, 2.75) is 43.5 Å². The monoisotopic (exact) mass is 376 g/mol. The second-order valence-electron chi connectivity index (χ2n) is 6.55. The van der Waals surface area contributed by atoms with E-state index >= 15 is 0 Å². The summed E-state index contributed by atoms with van der Waals surface area (Å²) in [6, 6.07) is 10.1. The predicted molar refractivity (Wildman–Crippen MR) is 98.1 cm³/mol. The molecule has 2 aromatic carbocycles. The number of hydrogen-bond donors (Lipinski definition) is 2. The Balaban J connectivity index is 1.77. The van der Waals surface area contributed by atoms with Gasteiger partial charge < -0.3 is 5.32 Å². The molecule has 1 saturated carbocycles. The number of amides is 1. The highest BCUT2D eigenvalue weighted by molar-refractivity contribution is 7.89. The predicted octanol–water partition coefficient (Wildman–Crippen LogP) is 3.61. The molecule has 1 aliphatic carbocycles. The number of carbonyl (C=O) groups excluding carboxylic acids is 1. The minimum Gasteiger partial charge on any atom is -0.322 e. The average Bonchev–Trinajstić information content (AvgIpc) is 3.10. The molecular weight excluding hydrogens is 355 g/mol. The Morgan fingerprint density at radius 3 is 2.54 bits per heavy atom. The van der Waals surface area contributed by atoms with E-state index in [1.165, 1.54) is 36.4 Å². The number of sulfonamides is 1. The van der Waals surface area contributed by atoms with Crippen LogP contribution in [0.5, 0.6) is 0 Å². The van der Waals surface area contributed by atoms with Crippen molar-refractivity contribution in [2.75, 3.05) is 5.32 Å². The molecule has 0 spiro atoms. The van der Waals surface area contributed by atoms with E-state index in [9.17, 15) is 17.6 Å². The van der Waals surface area contributed by atoms with Crippen molar-refractivity contribution in [3.8, 4) is 0 Å². The first kappa shape index (κ1) is 18.5. The van der Waals surface area contributed by atoms with E-state index in [1.54, 1.807) is 13.0 Å². The van der Waals surface area contributed by atoms with Gasteiger partial charge in [-0.3, -0.25) is 4.79 Å². The van der Waals surface area contributed by atoms with Gasteiger partial charge in [0, 0.05) is 17.3 Å². The molecule has 0 aliphatic heterocycles. The summed E-state index contributed by atoms with van der Waals surface area (Å²) in [4.78, 5) is 12.5. The summed E-state index contributed by atoms with van der Waals surface area (Å²) in [5, 5.41) is 2.66. The molecule has 0 saturated heterocycles. The molecule has 1 aliphatic rings. The van der Waals surface area contributed by atoms with E-state index < -0.39 is 15.9 Å². The molecule has 138 valence electrons. The molecule has 2 N–H and O–H groups in total. The first-order chi connectivity index (χ1) is 12.3. The van der Waals surface area contributed by atoms with Crippen LogP contribution in [0.2, 0.25) is 0 Å². The van der Waals surface area contributed by atoms with Crippen molar-refractivity contribution in [3.63, 3.8) is 0 Å². The van der Waals surface area contributed by atoms with Crippen molar-refractivity contribution in [1.82, 2.24) is 4.72 Å². The zero-order valence-corrected chi connectivity index (χ0v) is 15.3. The van der Waals surface area contributed by atoms with Crippen LogP contribution in [0.15, 0.2) is 47.4 Å². The summed E-state index contributed by atoms with van der Waals surface area (Å²) in [5.74, 6) is -0.803. The van der Waals surface area contributed by atoms with E-state index in [0.717, 1.165) is 25.7 Å². The Morgan fingerprint density at radius 2 is 1.85 bits per heavy atom. The number of benzene rings is 2. The van der Waals surface area contributed by atoms with Crippen LogP contribution >= 0.6 is 0 Å². The Hall–Kier alpha value is -2.25. The summed E-state index contributed by atoms with van der Waals surface area (Å²) in [6.45, 7) is 1.60. The maximum absolute atomic E-state index is 13.3. The standard InChI is InChI=1S/C19H21FN2O3S/c1-13-11-16(9-10-18(13)20)21-19(23)14-5-4-8-17(12-14)26(24,25)22-15-6-2-3-7-15/h4-5,8-12,15,22H,2-3,6-7H2,1H3,(H,21,23). The Labute approximate surface area is 152 Å². The van der Waals surface area contributed by atoms with Crippen LogP contribution in [0.3, 0.4) is 0 Å². The highest BCUT2D eigenvalue weighted by Gasteiger charge is 2.23. The van der Waals surface area contributed by atoms with Crippen LogP contribution < -0.4 is 10.0 Å². The van der Waals surface area contributed by atoms with E-state index in [1.807, 2.05) is 0 Å². The van der Waals surface area contributed by atoms with Gasteiger partial charge in [-0.15, -0.1) is 0 Å². The second-order valence-corrected chi connectivity index (χ2v) is 8.26. The van der Waals surface area contributed by atoms with Gasteiger partial charge in [0.15, 0.2) is 0 Å².